The molecule has 0 aromatic heterocycles. The summed E-state index contributed by atoms with van der Waals surface area (Å²) >= 11 is 6.11. The maximum atomic E-state index is 11.2. The van der Waals surface area contributed by atoms with Gasteiger partial charge in [-0.1, -0.05) is 11.6 Å². The third-order valence-corrected chi connectivity index (χ3v) is 4.50. The summed E-state index contributed by atoms with van der Waals surface area (Å²) in [5.41, 5.74) is 6.73. The van der Waals surface area contributed by atoms with E-state index in [0.29, 0.717) is 16.6 Å². The summed E-state index contributed by atoms with van der Waals surface area (Å²) in [4.78, 5) is 13.5. The number of amides is 1. The van der Waals surface area contributed by atoms with Crippen LogP contribution in [0.25, 0.3) is 0 Å². The predicted octanol–water partition coefficient (Wildman–Crippen LogP) is 1.63. The average molecular weight is 280 g/mol. The molecule has 0 saturated carbocycles. The van der Waals surface area contributed by atoms with Gasteiger partial charge in [0.05, 0.1) is 10.6 Å². The van der Waals surface area contributed by atoms with Gasteiger partial charge in [0, 0.05) is 24.8 Å². The predicted molar refractivity (Wildman–Crippen MR) is 76.7 cm³/mol. The van der Waals surface area contributed by atoms with E-state index in [1.165, 1.54) is 12.8 Å². The third-order valence-electron chi connectivity index (χ3n) is 4.18. The van der Waals surface area contributed by atoms with E-state index in [4.69, 9.17) is 17.3 Å². The van der Waals surface area contributed by atoms with Crippen LogP contribution in [0.15, 0.2) is 18.2 Å². The summed E-state index contributed by atoms with van der Waals surface area (Å²) < 4.78 is 0. The van der Waals surface area contributed by atoms with E-state index in [-0.39, 0.29) is 0 Å². The number of fused-ring (bicyclic) bond motifs is 1. The van der Waals surface area contributed by atoms with Gasteiger partial charge in [-0.3, -0.25) is 4.79 Å². The molecule has 2 aliphatic heterocycles. The fourth-order valence-electron chi connectivity index (χ4n) is 3.16. The van der Waals surface area contributed by atoms with Gasteiger partial charge in [0.25, 0.3) is 0 Å². The highest BCUT2D eigenvalue weighted by Gasteiger charge is 2.34. The van der Waals surface area contributed by atoms with Crippen molar-refractivity contribution in [3.8, 4) is 0 Å². The molecule has 1 aromatic carbocycles. The number of carbonyl (C=O) groups excluding carboxylic acids is 1. The number of carbonyl (C=O) groups is 1. The number of anilines is 1. The smallest absolute Gasteiger partial charge is 0.250 e. The van der Waals surface area contributed by atoms with Crippen LogP contribution in [0.3, 0.4) is 0 Å². The lowest BCUT2D eigenvalue weighted by atomic mass is 9.94. The van der Waals surface area contributed by atoms with Crippen LogP contribution >= 0.6 is 11.6 Å². The SMILES string of the molecule is NC(=O)c1ccc(N2C[C@@H]3CCCN[C@@H]3C2)cc1Cl. The van der Waals surface area contributed by atoms with E-state index in [9.17, 15) is 4.79 Å². The van der Waals surface area contributed by atoms with E-state index in [1.807, 2.05) is 12.1 Å². The first-order chi connectivity index (χ1) is 9.15. The van der Waals surface area contributed by atoms with Gasteiger partial charge in [-0.05, 0) is 43.5 Å². The number of nitrogens with two attached hydrogens (primary N) is 1. The van der Waals surface area contributed by atoms with Crippen molar-refractivity contribution in [3.63, 3.8) is 0 Å². The molecule has 0 aliphatic carbocycles. The van der Waals surface area contributed by atoms with Gasteiger partial charge in [0.2, 0.25) is 5.91 Å². The highest BCUT2D eigenvalue weighted by Crippen LogP contribution is 2.31. The monoisotopic (exact) mass is 279 g/mol. The van der Waals surface area contributed by atoms with Crippen molar-refractivity contribution in [2.24, 2.45) is 11.7 Å². The van der Waals surface area contributed by atoms with Gasteiger partial charge in [0.1, 0.15) is 0 Å². The molecule has 0 unspecified atom stereocenters. The Morgan fingerprint density at radius 2 is 2.26 bits per heavy atom. The number of nitrogens with zero attached hydrogens (tertiary/aromatic N) is 1. The minimum Gasteiger partial charge on any atom is -0.370 e. The van der Waals surface area contributed by atoms with Crippen LogP contribution in [-0.4, -0.2) is 31.6 Å². The summed E-state index contributed by atoms with van der Waals surface area (Å²) in [5, 5.41) is 4.01. The third kappa shape index (κ3) is 2.42. The van der Waals surface area contributed by atoms with E-state index in [1.54, 1.807) is 6.07 Å². The standard InChI is InChI=1S/C14H18ClN3O/c15-12-6-10(3-4-11(12)14(16)19)18-7-9-2-1-5-17-13(9)8-18/h3-4,6,9,13,17H,1-2,5,7-8H2,(H2,16,19)/t9-,13+/m0/s1. The lowest BCUT2D eigenvalue weighted by Gasteiger charge is -2.24. The van der Waals surface area contributed by atoms with Crippen LogP contribution in [0.1, 0.15) is 23.2 Å². The van der Waals surface area contributed by atoms with E-state index in [2.05, 4.69) is 10.2 Å². The molecule has 0 radical (unpaired) electrons. The molecule has 19 heavy (non-hydrogen) atoms. The lowest BCUT2D eigenvalue weighted by molar-refractivity contribution is 0.100. The van der Waals surface area contributed by atoms with Crippen LogP contribution in [0.4, 0.5) is 5.69 Å². The number of rotatable bonds is 2. The zero-order chi connectivity index (χ0) is 13.4. The molecular formula is C14H18ClN3O. The molecular weight excluding hydrogens is 262 g/mol. The zero-order valence-corrected chi connectivity index (χ0v) is 11.5. The number of primary amides is 1. The molecule has 102 valence electrons. The second-order valence-electron chi connectivity index (χ2n) is 5.40. The first kappa shape index (κ1) is 12.8. The Labute approximate surface area is 117 Å². The Balaban J connectivity index is 1.80. The number of benzene rings is 1. The Morgan fingerprint density at radius 3 is 2.95 bits per heavy atom. The summed E-state index contributed by atoms with van der Waals surface area (Å²) in [6.45, 7) is 3.19. The molecule has 3 N–H and O–H groups in total. The molecule has 1 amide bonds. The Morgan fingerprint density at radius 1 is 1.42 bits per heavy atom. The number of nitrogens with one attached hydrogen (secondary N) is 1. The number of halogens is 1. The van der Waals surface area contributed by atoms with Crippen molar-refractivity contribution in [3.05, 3.63) is 28.8 Å². The van der Waals surface area contributed by atoms with E-state index >= 15 is 0 Å². The fraction of sp³-hybridized carbons (Fsp3) is 0.500. The average Bonchev–Trinajstić information content (AvgIpc) is 2.81. The van der Waals surface area contributed by atoms with Gasteiger partial charge >= 0.3 is 0 Å². The quantitative estimate of drug-likeness (QED) is 0.865. The van der Waals surface area contributed by atoms with Crippen molar-refractivity contribution in [2.45, 2.75) is 18.9 Å². The molecule has 2 fully saturated rings. The molecule has 2 aliphatic rings. The minimum absolute atomic E-state index is 0.389. The van der Waals surface area contributed by atoms with Crippen LogP contribution in [-0.2, 0) is 0 Å². The van der Waals surface area contributed by atoms with Crippen LogP contribution < -0.4 is 16.0 Å². The molecule has 4 nitrogen and oxygen atoms in total. The first-order valence-corrected chi connectivity index (χ1v) is 7.10. The number of hydrogen-bond donors (Lipinski definition) is 2. The summed E-state index contributed by atoms with van der Waals surface area (Å²) in [5.74, 6) is 0.247. The van der Waals surface area contributed by atoms with Gasteiger partial charge < -0.3 is 16.0 Å². The summed E-state index contributed by atoms with van der Waals surface area (Å²) in [6.07, 6.45) is 2.55. The largest absolute Gasteiger partial charge is 0.370 e. The highest BCUT2D eigenvalue weighted by molar-refractivity contribution is 6.34. The topological polar surface area (TPSA) is 58.4 Å². The fourth-order valence-corrected chi connectivity index (χ4v) is 3.43. The molecule has 3 rings (SSSR count). The highest BCUT2D eigenvalue weighted by atomic mass is 35.5. The lowest BCUT2D eigenvalue weighted by Crippen LogP contribution is -2.40. The number of piperidine rings is 1. The minimum atomic E-state index is -0.478. The molecule has 0 bridgehead atoms. The van der Waals surface area contributed by atoms with E-state index < -0.39 is 5.91 Å². The van der Waals surface area contributed by atoms with E-state index in [0.717, 1.165) is 31.2 Å². The van der Waals surface area contributed by atoms with Crippen molar-refractivity contribution in [2.75, 3.05) is 24.5 Å². The molecule has 2 heterocycles. The van der Waals surface area contributed by atoms with Crippen molar-refractivity contribution < 1.29 is 4.79 Å². The molecule has 2 atom stereocenters. The first-order valence-electron chi connectivity index (χ1n) is 6.73. The summed E-state index contributed by atoms with van der Waals surface area (Å²) in [7, 11) is 0. The summed E-state index contributed by atoms with van der Waals surface area (Å²) in [6, 6.07) is 6.08. The van der Waals surface area contributed by atoms with Gasteiger partial charge in [-0.25, -0.2) is 0 Å². The Bertz CT molecular complexity index is 491. The maximum absolute atomic E-state index is 11.2. The normalized spacial score (nSPS) is 26.3. The molecule has 1 aromatic rings. The van der Waals surface area contributed by atoms with Crippen LogP contribution in [0, 0.1) is 5.92 Å². The van der Waals surface area contributed by atoms with Gasteiger partial charge in [-0.15, -0.1) is 0 Å². The molecule has 5 heteroatoms. The maximum Gasteiger partial charge on any atom is 0.250 e. The molecule has 0 spiro atoms. The Kier molecular flexibility index (Phi) is 3.37. The van der Waals surface area contributed by atoms with Gasteiger partial charge in [-0.2, -0.15) is 0 Å². The zero-order valence-electron chi connectivity index (χ0n) is 10.7. The van der Waals surface area contributed by atoms with Gasteiger partial charge in [0.15, 0.2) is 0 Å². The Hall–Kier alpha value is -1.26. The van der Waals surface area contributed by atoms with Crippen molar-refractivity contribution >= 4 is 23.2 Å². The van der Waals surface area contributed by atoms with Crippen LogP contribution in [0.2, 0.25) is 5.02 Å². The number of hydrogen-bond acceptors (Lipinski definition) is 3. The second-order valence-corrected chi connectivity index (χ2v) is 5.80. The molecule has 2 saturated heterocycles. The second kappa shape index (κ2) is 5.02. The van der Waals surface area contributed by atoms with Crippen LogP contribution in [0.5, 0.6) is 0 Å². The van der Waals surface area contributed by atoms with Crippen molar-refractivity contribution in [1.29, 1.82) is 0 Å². The van der Waals surface area contributed by atoms with Crippen molar-refractivity contribution in [1.82, 2.24) is 5.32 Å².